The molecule has 30 heavy (non-hydrogen) atoms. The monoisotopic (exact) mass is 413 g/mol. The fraction of sp³-hybridized carbons (Fsp3) is 0.727. The van der Waals surface area contributed by atoms with Crippen LogP contribution in [0.25, 0.3) is 0 Å². The Bertz CT molecular complexity index is 842. The van der Waals surface area contributed by atoms with Crippen molar-refractivity contribution >= 4 is 5.91 Å². The van der Waals surface area contributed by atoms with E-state index in [0.29, 0.717) is 11.4 Å². The lowest BCUT2D eigenvalue weighted by atomic mass is 9.78. The number of hydrogen-bond donors (Lipinski definition) is 1. The van der Waals surface area contributed by atoms with E-state index in [0.717, 1.165) is 57.3 Å². The molecule has 2 aromatic rings. The predicted octanol–water partition coefficient (Wildman–Crippen LogP) is 2.79. The van der Waals surface area contributed by atoms with Gasteiger partial charge in [-0.2, -0.15) is 20.5 Å². The van der Waals surface area contributed by atoms with Crippen LogP contribution >= 0.6 is 0 Å². The molecular formula is C22H35N7O. The summed E-state index contributed by atoms with van der Waals surface area (Å²) in [7, 11) is 0. The van der Waals surface area contributed by atoms with Gasteiger partial charge in [-0.05, 0) is 70.9 Å². The minimum atomic E-state index is 0.0218. The van der Waals surface area contributed by atoms with Gasteiger partial charge in [0.1, 0.15) is 0 Å². The smallest absolute Gasteiger partial charge is 0.276 e. The summed E-state index contributed by atoms with van der Waals surface area (Å²) in [4.78, 5) is 17.2. The number of amides is 1. The number of aromatic nitrogens is 5. The van der Waals surface area contributed by atoms with E-state index in [2.05, 4.69) is 50.1 Å². The van der Waals surface area contributed by atoms with Crippen molar-refractivity contribution in [3.05, 3.63) is 28.8 Å². The summed E-state index contributed by atoms with van der Waals surface area (Å²) < 4.78 is 2.14. The van der Waals surface area contributed by atoms with Crippen LogP contribution in [0.1, 0.15) is 66.5 Å². The van der Waals surface area contributed by atoms with Crippen LogP contribution in [-0.4, -0.2) is 67.1 Å². The second-order valence-corrected chi connectivity index (χ2v) is 8.98. The Labute approximate surface area is 179 Å². The zero-order chi connectivity index (χ0) is 21.1. The number of likely N-dealkylation sites (tertiary alicyclic amines) is 2. The zero-order valence-electron chi connectivity index (χ0n) is 18.6. The molecule has 8 nitrogen and oxygen atoms in total. The van der Waals surface area contributed by atoms with E-state index < -0.39 is 0 Å². The molecule has 0 aromatic carbocycles. The number of aryl methyl sites for hydroxylation is 2. The molecule has 164 valence electrons. The van der Waals surface area contributed by atoms with Crippen molar-refractivity contribution in [2.75, 3.05) is 26.2 Å². The van der Waals surface area contributed by atoms with Gasteiger partial charge in [0, 0.05) is 37.4 Å². The Morgan fingerprint density at radius 1 is 1.07 bits per heavy atom. The van der Waals surface area contributed by atoms with Gasteiger partial charge < -0.3 is 4.90 Å². The van der Waals surface area contributed by atoms with Crippen molar-refractivity contribution in [2.45, 2.75) is 66.0 Å². The highest BCUT2D eigenvalue weighted by molar-refractivity contribution is 5.93. The molecule has 2 aromatic heterocycles. The molecule has 8 heteroatoms. The zero-order valence-corrected chi connectivity index (χ0v) is 18.6. The van der Waals surface area contributed by atoms with Gasteiger partial charge in [-0.15, -0.1) is 0 Å². The molecule has 0 saturated carbocycles. The predicted molar refractivity (Wildman–Crippen MR) is 115 cm³/mol. The van der Waals surface area contributed by atoms with Gasteiger partial charge in [0.2, 0.25) is 0 Å². The molecular weight excluding hydrogens is 378 g/mol. The van der Waals surface area contributed by atoms with E-state index in [1.807, 2.05) is 11.8 Å². The summed E-state index contributed by atoms with van der Waals surface area (Å²) in [5.74, 6) is 1.55. The molecule has 1 amide bonds. The van der Waals surface area contributed by atoms with Gasteiger partial charge in [0.15, 0.2) is 5.69 Å². The van der Waals surface area contributed by atoms with Gasteiger partial charge in [-0.25, -0.2) is 0 Å². The largest absolute Gasteiger partial charge is 0.337 e. The minimum Gasteiger partial charge on any atom is -0.337 e. The molecule has 0 bridgehead atoms. The fourth-order valence-corrected chi connectivity index (χ4v) is 5.11. The number of aromatic amines is 1. The van der Waals surface area contributed by atoms with E-state index in [-0.39, 0.29) is 5.91 Å². The van der Waals surface area contributed by atoms with Gasteiger partial charge >= 0.3 is 0 Å². The average molecular weight is 414 g/mol. The first-order valence-electron chi connectivity index (χ1n) is 11.5. The number of carbonyl (C=O) groups is 1. The standard InChI is InChI=1S/C22H35N7O/c1-4-9-29-17(3)20(14-23-29)15-27-10-5-18(6-11-27)19-7-12-28(13-8-19)22(30)21-16(2)24-26-25-21/h14,18-19H,4-13,15H2,1-3H3,(H,24,25,26). The number of rotatable bonds is 6. The molecule has 1 N–H and O–H groups in total. The number of nitrogens with zero attached hydrogens (tertiary/aromatic N) is 6. The summed E-state index contributed by atoms with van der Waals surface area (Å²) in [6.07, 6.45) is 7.93. The summed E-state index contributed by atoms with van der Waals surface area (Å²) in [5.41, 5.74) is 3.85. The summed E-state index contributed by atoms with van der Waals surface area (Å²) in [5, 5.41) is 15.1. The highest BCUT2D eigenvalue weighted by atomic mass is 16.2. The van der Waals surface area contributed by atoms with Crippen molar-refractivity contribution in [3.63, 3.8) is 0 Å². The second-order valence-electron chi connectivity index (χ2n) is 8.98. The summed E-state index contributed by atoms with van der Waals surface area (Å²) >= 11 is 0. The molecule has 2 aliphatic heterocycles. The lowest BCUT2D eigenvalue weighted by Gasteiger charge is -2.40. The molecule has 2 aliphatic rings. The van der Waals surface area contributed by atoms with E-state index in [1.165, 1.54) is 37.2 Å². The normalized spacial score (nSPS) is 19.5. The first-order valence-corrected chi connectivity index (χ1v) is 11.5. The van der Waals surface area contributed by atoms with Crippen LogP contribution in [0.4, 0.5) is 0 Å². The molecule has 0 spiro atoms. The van der Waals surface area contributed by atoms with E-state index in [4.69, 9.17) is 0 Å². The van der Waals surface area contributed by atoms with Gasteiger partial charge in [0.05, 0.1) is 11.9 Å². The van der Waals surface area contributed by atoms with Crippen molar-refractivity contribution in [1.29, 1.82) is 0 Å². The second kappa shape index (κ2) is 9.29. The number of carbonyl (C=O) groups excluding carboxylic acids is 1. The molecule has 4 heterocycles. The maximum atomic E-state index is 12.6. The lowest BCUT2D eigenvalue weighted by molar-refractivity contribution is 0.0593. The third-order valence-electron chi connectivity index (χ3n) is 7.08. The van der Waals surface area contributed by atoms with Crippen LogP contribution in [0.5, 0.6) is 0 Å². The van der Waals surface area contributed by atoms with Gasteiger partial charge in [-0.3, -0.25) is 14.4 Å². The maximum Gasteiger partial charge on any atom is 0.276 e. The lowest BCUT2D eigenvalue weighted by Crippen LogP contribution is -2.43. The summed E-state index contributed by atoms with van der Waals surface area (Å²) in [6, 6.07) is 0. The number of nitrogens with one attached hydrogen (secondary N) is 1. The first-order chi connectivity index (χ1) is 14.6. The number of H-pyrrole nitrogens is 1. The van der Waals surface area contributed by atoms with Crippen molar-refractivity contribution in [2.24, 2.45) is 11.8 Å². The Hall–Kier alpha value is -2.22. The Morgan fingerprint density at radius 3 is 2.33 bits per heavy atom. The third-order valence-corrected chi connectivity index (χ3v) is 7.08. The Balaban J connectivity index is 1.23. The van der Waals surface area contributed by atoms with Crippen LogP contribution in [-0.2, 0) is 13.1 Å². The average Bonchev–Trinajstić information content (AvgIpc) is 3.35. The highest BCUT2D eigenvalue weighted by Gasteiger charge is 2.32. The van der Waals surface area contributed by atoms with Crippen LogP contribution in [0.2, 0.25) is 0 Å². The fourth-order valence-electron chi connectivity index (χ4n) is 5.11. The van der Waals surface area contributed by atoms with E-state index in [9.17, 15) is 4.79 Å². The summed E-state index contributed by atoms with van der Waals surface area (Å²) in [6.45, 7) is 12.3. The molecule has 2 saturated heterocycles. The van der Waals surface area contributed by atoms with Crippen LogP contribution in [0.3, 0.4) is 0 Å². The van der Waals surface area contributed by atoms with Crippen LogP contribution in [0, 0.1) is 25.7 Å². The maximum absolute atomic E-state index is 12.6. The molecule has 2 fully saturated rings. The molecule has 4 rings (SSSR count). The molecule has 0 aliphatic carbocycles. The Kier molecular flexibility index (Phi) is 6.51. The van der Waals surface area contributed by atoms with E-state index >= 15 is 0 Å². The van der Waals surface area contributed by atoms with Crippen molar-refractivity contribution in [3.8, 4) is 0 Å². The minimum absolute atomic E-state index is 0.0218. The Morgan fingerprint density at radius 2 is 1.73 bits per heavy atom. The van der Waals surface area contributed by atoms with Gasteiger partial charge in [-0.1, -0.05) is 6.92 Å². The third kappa shape index (κ3) is 4.43. The van der Waals surface area contributed by atoms with Crippen molar-refractivity contribution < 1.29 is 4.79 Å². The SMILES string of the molecule is CCCn1ncc(CN2CCC(C3CCN(C(=O)c4n[nH]nc4C)CC3)CC2)c1C. The van der Waals surface area contributed by atoms with Crippen LogP contribution in [0.15, 0.2) is 6.20 Å². The first kappa shape index (κ1) is 21.0. The highest BCUT2D eigenvalue weighted by Crippen LogP contribution is 2.33. The number of hydrogen-bond acceptors (Lipinski definition) is 5. The number of piperidine rings is 2. The van der Waals surface area contributed by atoms with E-state index in [1.54, 1.807) is 0 Å². The van der Waals surface area contributed by atoms with Gasteiger partial charge in [0.25, 0.3) is 5.91 Å². The quantitative estimate of drug-likeness (QED) is 0.787. The van der Waals surface area contributed by atoms with Crippen LogP contribution < -0.4 is 0 Å². The molecule has 0 atom stereocenters. The molecule has 0 radical (unpaired) electrons. The van der Waals surface area contributed by atoms with Crippen molar-refractivity contribution in [1.82, 2.24) is 35.0 Å². The molecule has 0 unspecified atom stereocenters. The topological polar surface area (TPSA) is 82.9 Å².